The van der Waals surface area contributed by atoms with Crippen molar-refractivity contribution < 1.29 is 36.4 Å². The van der Waals surface area contributed by atoms with Crippen molar-refractivity contribution in [3.05, 3.63) is 66.1 Å². The lowest BCUT2D eigenvalue weighted by Crippen LogP contribution is -2.56. The lowest BCUT2D eigenvalue weighted by molar-refractivity contribution is -0.244. The second-order valence-electron chi connectivity index (χ2n) is 7.71. The number of nitrogens with one attached hydrogen (secondary N) is 1. The number of carbonyl (C=O) groups excluding carboxylic acids is 1. The molecule has 0 saturated carbocycles. The summed E-state index contributed by atoms with van der Waals surface area (Å²) in [7, 11) is 0. The monoisotopic (exact) mass is 508 g/mol. The number of hydrogen-bond acceptors (Lipinski definition) is 8. The van der Waals surface area contributed by atoms with Crippen LogP contribution in [-0.4, -0.2) is 54.1 Å². The van der Waals surface area contributed by atoms with Crippen LogP contribution in [0.15, 0.2) is 53.4 Å². The van der Waals surface area contributed by atoms with E-state index in [0.29, 0.717) is 30.1 Å². The minimum Gasteiger partial charge on any atom is -0.373 e. The van der Waals surface area contributed by atoms with Crippen molar-refractivity contribution in [1.29, 1.82) is 0 Å². The molecule has 0 spiro atoms. The number of aromatic nitrogens is 5. The molecule has 0 unspecified atom stereocenters. The first kappa shape index (κ1) is 24.9. The third-order valence-electron chi connectivity index (χ3n) is 5.29. The van der Waals surface area contributed by atoms with Gasteiger partial charge in [-0.05, 0) is 19.1 Å². The number of ketones is 1. The fourth-order valence-electron chi connectivity index (χ4n) is 3.24. The number of nitrogens with zero attached hydrogens (tertiary/aromatic N) is 5. The molecule has 3 heterocycles. The average molecular weight is 508 g/mol. The maximum absolute atomic E-state index is 14.3. The molecule has 0 bridgehead atoms. The van der Waals surface area contributed by atoms with E-state index in [4.69, 9.17) is 4.52 Å². The average Bonchev–Trinajstić information content (AvgIpc) is 3.49. The Morgan fingerprint density at radius 3 is 2.53 bits per heavy atom. The molecule has 0 aliphatic carbocycles. The summed E-state index contributed by atoms with van der Waals surface area (Å²) in [6.07, 6.45) is -3.31. The molecule has 188 valence electrons. The van der Waals surface area contributed by atoms with Gasteiger partial charge in [0.15, 0.2) is 23.2 Å². The molecule has 0 saturated heterocycles. The normalized spacial score (nSPS) is 13.4. The largest absolute Gasteiger partial charge is 0.426 e. The Labute approximate surface area is 199 Å². The summed E-state index contributed by atoms with van der Waals surface area (Å²) in [5.41, 5.74) is -2.69. The summed E-state index contributed by atoms with van der Waals surface area (Å²) in [5.74, 6) is -4.09. The van der Waals surface area contributed by atoms with Crippen molar-refractivity contribution >= 4 is 11.6 Å². The van der Waals surface area contributed by atoms with Crippen LogP contribution >= 0.6 is 0 Å². The first-order valence-corrected chi connectivity index (χ1v) is 10.3. The Balaban J connectivity index is 1.69. The summed E-state index contributed by atoms with van der Waals surface area (Å²) >= 11 is 0. The molecule has 4 rings (SSSR count). The van der Waals surface area contributed by atoms with Crippen LogP contribution in [0.25, 0.3) is 22.9 Å². The predicted octanol–water partition coefficient (Wildman–Crippen LogP) is 3.62. The minimum absolute atomic E-state index is 0.0294. The molecular formula is C22H17F5N6O3. The van der Waals surface area contributed by atoms with E-state index in [9.17, 15) is 31.9 Å². The molecule has 2 N–H and O–H groups in total. The van der Waals surface area contributed by atoms with Gasteiger partial charge < -0.3 is 14.9 Å². The summed E-state index contributed by atoms with van der Waals surface area (Å²) in [6, 6.07) is 8.98. The molecule has 0 radical (unpaired) electrons. The smallest absolute Gasteiger partial charge is 0.373 e. The van der Waals surface area contributed by atoms with Crippen LogP contribution in [0.2, 0.25) is 0 Å². The van der Waals surface area contributed by atoms with E-state index in [-0.39, 0.29) is 18.1 Å². The van der Waals surface area contributed by atoms with Gasteiger partial charge >= 0.3 is 6.18 Å². The Morgan fingerprint density at radius 1 is 1.14 bits per heavy atom. The number of Topliss-reactive ketones (excluding diaryl/α,β-unsaturated/α-hetero) is 1. The molecule has 0 aliphatic heterocycles. The Kier molecular flexibility index (Phi) is 6.54. The van der Waals surface area contributed by atoms with Gasteiger partial charge in [0.25, 0.3) is 0 Å². The van der Waals surface area contributed by atoms with Crippen LogP contribution in [0.1, 0.15) is 12.5 Å². The van der Waals surface area contributed by atoms with E-state index in [1.807, 2.05) is 5.32 Å². The van der Waals surface area contributed by atoms with Crippen molar-refractivity contribution in [3.63, 3.8) is 0 Å². The van der Waals surface area contributed by atoms with Crippen molar-refractivity contribution in [2.45, 2.75) is 25.2 Å². The van der Waals surface area contributed by atoms with Crippen LogP contribution in [0.4, 0.5) is 27.8 Å². The van der Waals surface area contributed by atoms with Crippen LogP contribution in [0, 0.1) is 11.6 Å². The van der Waals surface area contributed by atoms with E-state index in [2.05, 4.69) is 20.2 Å². The molecule has 36 heavy (non-hydrogen) atoms. The van der Waals surface area contributed by atoms with Gasteiger partial charge in [-0.3, -0.25) is 9.48 Å². The Bertz CT molecular complexity index is 1390. The maximum Gasteiger partial charge on any atom is 0.426 e. The molecule has 1 aromatic carbocycles. The van der Waals surface area contributed by atoms with Gasteiger partial charge in [0, 0.05) is 11.6 Å². The standard InChI is InChI=1S/C22H17F5N6O3/c1-12(34)21(35,22(25,26)27)11-29-19-15(24)9-28-20(30-19)17-8-18(16-6-7-36-32-16)33(31-17)10-13-4-2-3-5-14(13)23/h2-9,35H,10-11H2,1H3,(H,28,29,30)/t21-/m0/s1. The molecule has 0 amide bonds. The highest BCUT2D eigenvalue weighted by atomic mass is 19.4. The first-order chi connectivity index (χ1) is 17.0. The highest BCUT2D eigenvalue weighted by Gasteiger charge is 2.57. The maximum atomic E-state index is 14.3. The van der Waals surface area contributed by atoms with Crippen molar-refractivity contribution in [3.8, 4) is 22.9 Å². The van der Waals surface area contributed by atoms with E-state index >= 15 is 0 Å². The zero-order chi connectivity index (χ0) is 26.1. The van der Waals surface area contributed by atoms with Crippen molar-refractivity contribution in [2.75, 3.05) is 11.9 Å². The van der Waals surface area contributed by atoms with Gasteiger partial charge in [0.2, 0.25) is 5.60 Å². The number of benzene rings is 1. The summed E-state index contributed by atoms with van der Waals surface area (Å²) in [5, 5.41) is 20.0. The van der Waals surface area contributed by atoms with Crippen LogP contribution in [0.3, 0.4) is 0 Å². The Morgan fingerprint density at radius 2 is 1.89 bits per heavy atom. The number of rotatable bonds is 8. The third-order valence-corrected chi connectivity index (χ3v) is 5.29. The SMILES string of the molecule is CC(=O)[C@@](O)(CNc1nc(-c2cc(-c3ccon3)n(Cc3ccccc3F)n2)ncc1F)C(F)(F)F. The number of halogens is 5. The molecule has 9 nitrogen and oxygen atoms in total. The highest BCUT2D eigenvalue weighted by molar-refractivity contribution is 5.86. The summed E-state index contributed by atoms with van der Waals surface area (Å²) < 4.78 is 74.3. The molecular weight excluding hydrogens is 491 g/mol. The number of anilines is 1. The van der Waals surface area contributed by atoms with Gasteiger partial charge in [0.1, 0.15) is 23.5 Å². The lowest BCUT2D eigenvalue weighted by atomic mass is 9.99. The molecule has 0 fully saturated rings. The second-order valence-corrected chi connectivity index (χ2v) is 7.71. The first-order valence-electron chi connectivity index (χ1n) is 10.3. The number of aliphatic hydroxyl groups is 1. The molecule has 3 aromatic heterocycles. The van der Waals surface area contributed by atoms with E-state index in [1.54, 1.807) is 12.1 Å². The quantitative estimate of drug-likeness (QED) is 0.347. The van der Waals surface area contributed by atoms with E-state index in [0.717, 1.165) is 0 Å². The number of hydrogen-bond donors (Lipinski definition) is 2. The minimum atomic E-state index is -5.31. The summed E-state index contributed by atoms with van der Waals surface area (Å²) in [4.78, 5) is 19.1. The van der Waals surface area contributed by atoms with Crippen molar-refractivity contribution in [1.82, 2.24) is 24.9 Å². The zero-order valence-electron chi connectivity index (χ0n) is 18.4. The zero-order valence-corrected chi connectivity index (χ0v) is 18.4. The fraction of sp³-hybridized carbons (Fsp3) is 0.227. The van der Waals surface area contributed by atoms with Crippen LogP contribution in [-0.2, 0) is 11.3 Å². The third kappa shape index (κ3) is 4.79. The fourth-order valence-corrected chi connectivity index (χ4v) is 3.24. The second kappa shape index (κ2) is 9.45. The predicted molar refractivity (Wildman–Crippen MR) is 114 cm³/mol. The molecule has 14 heteroatoms. The van der Waals surface area contributed by atoms with Gasteiger partial charge in [-0.25, -0.2) is 18.7 Å². The van der Waals surface area contributed by atoms with E-state index in [1.165, 1.54) is 35.2 Å². The number of alkyl halides is 3. The van der Waals surface area contributed by atoms with Crippen LogP contribution < -0.4 is 5.32 Å². The Hall–Kier alpha value is -4.20. The van der Waals surface area contributed by atoms with Crippen molar-refractivity contribution in [2.24, 2.45) is 0 Å². The topological polar surface area (TPSA) is 119 Å². The van der Waals surface area contributed by atoms with Crippen LogP contribution in [0.5, 0.6) is 0 Å². The molecule has 1 atom stereocenters. The highest BCUT2D eigenvalue weighted by Crippen LogP contribution is 2.32. The molecule has 4 aromatic rings. The number of carbonyl (C=O) groups is 1. The lowest BCUT2D eigenvalue weighted by Gasteiger charge is -2.28. The van der Waals surface area contributed by atoms with Gasteiger partial charge in [0.05, 0.1) is 25.0 Å². The van der Waals surface area contributed by atoms with Gasteiger partial charge in [-0.2, -0.15) is 18.3 Å². The van der Waals surface area contributed by atoms with E-state index < -0.39 is 41.6 Å². The van der Waals surface area contributed by atoms with Gasteiger partial charge in [-0.1, -0.05) is 23.4 Å². The summed E-state index contributed by atoms with van der Waals surface area (Å²) in [6.45, 7) is -0.853. The van der Waals surface area contributed by atoms with Gasteiger partial charge in [-0.15, -0.1) is 0 Å². The molecule has 0 aliphatic rings.